The first kappa shape index (κ1) is 31.3. The average molecular weight is 596 g/mol. The molecule has 8 heteroatoms. The summed E-state index contributed by atoms with van der Waals surface area (Å²) < 4.78 is 8.12. The molecule has 44 heavy (non-hydrogen) atoms. The molecule has 1 heterocycles. The van der Waals surface area contributed by atoms with Gasteiger partial charge < -0.3 is 24.8 Å². The first-order chi connectivity index (χ1) is 21.3. The number of ether oxygens (including phenoxy) is 1. The number of aromatic nitrogens is 2. The Morgan fingerprint density at radius 2 is 1.70 bits per heavy atom. The Kier molecular flexibility index (Phi) is 10.3. The van der Waals surface area contributed by atoms with Gasteiger partial charge in [-0.3, -0.25) is 9.59 Å². The third-order valence-corrected chi connectivity index (χ3v) is 8.50. The highest BCUT2D eigenvalue weighted by molar-refractivity contribution is 5.98. The Hall–Kier alpha value is -4.17. The number of amides is 2. The van der Waals surface area contributed by atoms with Crippen LogP contribution in [-0.4, -0.2) is 60.1 Å². The van der Waals surface area contributed by atoms with E-state index in [-0.39, 0.29) is 18.4 Å². The summed E-state index contributed by atoms with van der Waals surface area (Å²) in [6, 6.07) is 20.3. The highest BCUT2D eigenvalue weighted by atomic mass is 16.5. The molecule has 1 aliphatic rings. The van der Waals surface area contributed by atoms with E-state index in [9.17, 15) is 9.59 Å². The van der Waals surface area contributed by atoms with Crippen molar-refractivity contribution in [3.8, 4) is 17.1 Å². The lowest BCUT2D eigenvalue weighted by molar-refractivity contribution is -0.123. The van der Waals surface area contributed by atoms with Crippen molar-refractivity contribution in [2.24, 2.45) is 0 Å². The zero-order chi connectivity index (χ0) is 31.1. The van der Waals surface area contributed by atoms with Crippen LogP contribution in [0, 0.1) is 13.8 Å². The van der Waals surface area contributed by atoms with Crippen LogP contribution in [0.15, 0.2) is 60.7 Å². The second-order valence-electron chi connectivity index (χ2n) is 12.2. The minimum Gasteiger partial charge on any atom is -0.484 e. The average Bonchev–Trinajstić information content (AvgIpc) is 3.42. The normalized spacial score (nSPS) is 13.8. The van der Waals surface area contributed by atoms with Crippen LogP contribution in [0.1, 0.15) is 71.6 Å². The van der Waals surface area contributed by atoms with E-state index in [1.165, 1.54) is 30.4 Å². The van der Waals surface area contributed by atoms with E-state index in [4.69, 9.17) is 9.72 Å². The predicted octanol–water partition coefficient (Wildman–Crippen LogP) is 6.20. The van der Waals surface area contributed by atoms with Crippen LogP contribution in [0.5, 0.6) is 5.75 Å². The molecule has 2 amide bonds. The second-order valence-corrected chi connectivity index (χ2v) is 12.2. The molecule has 1 aliphatic carbocycles. The van der Waals surface area contributed by atoms with Gasteiger partial charge in [-0.15, -0.1) is 0 Å². The molecule has 1 aromatic heterocycles. The van der Waals surface area contributed by atoms with E-state index in [0.29, 0.717) is 30.4 Å². The maximum absolute atomic E-state index is 13.1. The molecule has 0 atom stereocenters. The summed E-state index contributed by atoms with van der Waals surface area (Å²) in [7, 11) is 4.04. The van der Waals surface area contributed by atoms with E-state index >= 15 is 0 Å². The number of hydrogen-bond donors (Lipinski definition) is 2. The number of imidazole rings is 1. The molecule has 0 bridgehead atoms. The van der Waals surface area contributed by atoms with Crippen LogP contribution >= 0.6 is 0 Å². The third kappa shape index (κ3) is 7.85. The lowest BCUT2D eigenvalue weighted by atomic mass is 9.94. The minimum absolute atomic E-state index is 0.0176. The van der Waals surface area contributed by atoms with Gasteiger partial charge in [0.25, 0.3) is 11.8 Å². The smallest absolute Gasteiger partial charge is 0.257 e. The van der Waals surface area contributed by atoms with Crippen LogP contribution in [0.2, 0.25) is 0 Å². The zero-order valence-corrected chi connectivity index (χ0v) is 26.5. The summed E-state index contributed by atoms with van der Waals surface area (Å²) in [6.07, 6.45) is 6.79. The molecule has 8 nitrogen and oxygen atoms in total. The molecule has 5 rings (SSSR count). The summed E-state index contributed by atoms with van der Waals surface area (Å²) in [5.41, 5.74) is 6.98. The fraction of sp³-hybridized carbons (Fsp3) is 0.417. The standard InChI is InChI=1S/C36H45N5O3/c1-25-11-12-27(21-26(25)2)23-38-36(43)29-15-18-33-32(22-29)39-35(41(33)30-9-6-5-7-10-30)28-13-16-31(17-14-28)44-24-34(42)37-19-8-20-40(3)4/h11-18,21-22,30H,5-10,19-20,23-24H2,1-4H3,(H,37,42)(H,38,43). The molecule has 0 saturated heterocycles. The molecular weight excluding hydrogens is 550 g/mol. The SMILES string of the molecule is Cc1ccc(CNC(=O)c2ccc3c(c2)nc(-c2ccc(OCC(=O)NCCCN(C)C)cc2)n3C2CCCCC2)cc1C. The second kappa shape index (κ2) is 14.5. The van der Waals surface area contributed by atoms with E-state index in [1.54, 1.807) is 0 Å². The maximum atomic E-state index is 13.1. The Balaban J connectivity index is 1.31. The molecule has 0 spiro atoms. The Morgan fingerprint density at radius 1 is 0.932 bits per heavy atom. The van der Waals surface area contributed by atoms with Gasteiger partial charge in [-0.1, -0.05) is 37.5 Å². The topological polar surface area (TPSA) is 88.5 Å². The molecule has 2 N–H and O–H groups in total. The Bertz CT molecular complexity index is 1590. The number of carbonyl (C=O) groups is 2. The fourth-order valence-corrected chi connectivity index (χ4v) is 5.87. The molecule has 3 aromatic carbocycles. The van der Waals surface area contributed by atoms with Gasteiger partial charge in [0, 0.05) is 30.3 Å². The van der Waals surface area contributed by atoms with Gasteiger partial charge in [-0.05, 0) is 113 Å². The first-order valence-electron chi connectivity index (χ1n) is 15.8. The zero-order valence-electron chi connectivity index (χ0n) is 26.5. The van der Waals surface area contributed by atoms with E-state index in [2.05, 4.69) is 52.1 Å². The number of aryl methyl sites for hydroxylation is 2. The van der Waals surface area contributed by atoms with Crippen molar-refractivity contribution >= 4 is 22.8 Å². The van der Waals surface area contributed by atoms with E-state index in [0.717, 1.165) is 53.8 Å². The van der Waals surface area contributed by atoms with Gasteiger partial charge in [0.2, 0.25) is 0 Å². The molecule has 1 fully saturated rings. The monoisotopic (exact) mass is 595 g/mol. The van der Waals surface area contributed by atoms with Crippen molar-refractivity contribution in [3.63, 3.8) is 0 Å². The quantitative estimate of drug-likeness (QED) is 0.190. The number of rotatable bonds is 12. The maximum Gasteiger partial charge on any atom is 0.257 e. The van der Waals surface area contributed by atoms with Gasteiger partial charge in [0.05, 0.1) is 11.0 Å². The van der Waals surface area contributed by atoms with Crippen molar-refractivity contribution in [1.29, 1.82) is 0 Å². The highest BCUT2D eigenvalue weighted by Crippen LogP contribution is 2.36. The van der Waals surface area contributed by atoms with Crippen molar-refractivity contribution in [2.45, 2.75) is 65.0 Å². The fourth-order valence-electron chi connectivity index (χ4n) is 5.87. The lowest BCUT2D eigenvalue weighted by Gasteiger charge is -2.25. The summed E-state index contributed by atoms with van der Waals surface area (Å²) in [5.74, 6) is 1.30. The van der Waals surface area contributed by atoms with Crippen molar-refractivity contribution in [2.75, 3.05) is 33.8 Å². The van der Waals surface area contributed by atoms with Gasteiger partial charge in [-0.2, -0.15) is 0 Å². The van der Waals surface area contributed by atoms with Gasteiger partial charge in [0.1, 0.15) is 11.6 Å². The first-order valence-corrected chi connectivity index (χ1v) is 15.8. The van der Waals surface area contributed by atoms with Crippen molar-refractivity contribution < 1.29 is 14.3 Å². The van der Waals surface area contributed by atoms with E-state index < -0.39 is 0 Å². The Labute approximate surface area is 260 Å². The number of carbonyl (C=O) groups excluding carboxylic acids is 2. The molecule has 0 aliphatic heterocycles. The third-order valence-electron chi connectivity index (χ3n) is 8.50. The number of hydrogen-bond acceptors (Lipinski definition) is 5. The number of fused-ring (bicyclic) bond motifs is 1. The van der Waals surface area contributed by atoms with Crippen molar-refractivity contribution in [3.05, 3.63) is 82.9 Å². The number of nitrogens with one attached hydrogen (secondary N) is 2. The molecule has 232 valence electrons. The summed E-state index contributed by atoms with van der Waals surface area (Å²) >= 11 is 0. The van der Waals surface area contributed by atoms with Crippen LogP contribution in [0.3, 0.4) is 0 Å². The number of nitrogens with zero attached hydrogens (tertiary/aromatic N) is 3. The minimum atomic E-state index is -0.124. The molecule has 0 unspecified atom stereocenters. The highest BCUT2D eigenvalue weighted by Gasteiger charge is 2.23. The van der Waals surface area contributed by atoms with Gasteiger partial charge in [-0.25, -0.2) is 4.98 Å². The van der Waals surface area contributed by atoms with Crippen LogP contribution in [0.25, 0.3) is 22.4 Å². The molecule has 4 aromatic rings. The molecular formula is C36H45N5O3. The summed E-state index contributed by atoms with van der Waals surface area (Å²) in [4.78, 5) is 32.5. The lowest BCUT2D eigenvalue weighted by Crippen LogP contribution is -2.31. The van der Waals surface area contributed by atoms with Gasteiger partial charge in [0.15, 0.2) is 6.61 Å². The molecule has 1 saturated carbocycles. The van der Waals surface area contributed by atoms with Gasteiger partial charge >= 0.3 is 0 Å². The van der Waals surface area contributed by atoms with Crippen LogP contribution in [0.4, 0.5) is 0 Å². The van der Waals surface area contributed by atoms with E-state index in [1.807, 2.05) is 56.6 Å². The summed E-state index contributed by atoms with van der Waals surface area (Å²) in [5, 5.41) is 5.97. The number of benzene rings is 3. The Morgan fingerprint density at radius 3 is 2.43 bits per heavy atom. The largest absolute Gasteiger partial charge is 0.484 e. The summed E-state index contributed by atoms with van der Waals surface area (Å²) in [6.45, 7) is 6.20. The van der Waals surface area contributed by atoms with Crippen molar-refractivity contribution in [1.82, 2.24) is 25.1 Å². The van der Waals surface area contributed by atoms with Crippen LogP contribution in [-0.2, 0) is 11.3 Å². The predicted molar refractivity (Wildman–Crippen MR) is 176 cm³/mol. The molecule has 0 radical (unpaired) electrons. The van der Waals surface area contributed by atoms with Crippen LogP contribution < -0.4 is 15.4 Å².